The summed E-state index contributed by atoms with van der Waals surface area (Å²) >= 11 is 3.32. The Hall–Kier alpha value is -2.22. The van der Waals surface area contributed by atoms with Gasteiger partial charge >= 0.3 is 5.97 Å². The van der Waals surface area contributed by atoms with Gasteiger partial charge in [0.1, 0.15) is 6.04 Å². The van der Waals surface area contributed by atoms with Crippen molar-refractivity contribution in [3.8, 4) is 0 Å². The van der Waals surface area contributed by atoms with Gasteiger partial charge in [-0.1, -0.05) is 29.8 Å². The van der Waals surface area contributed by atoms with E-state index in [1.807, 2.05) is 0 Å². The number of anilines is 1. The van der Waals surface area contributed by atoms with Gasteiger partial charge in [0.15, 0.2) is 6.61 Å². The third-order valence-corrected chi connectivity index (χ3v) is 7.11. The van der Waals surface area contributed by atoms with E-state index < -0.39 is 24.5 Å². The van der Waals surface area contributed by atoms with Gasteiger partial charge in [0.2, 0.25) is 11.8 Å². The number of likely N-dealkylation sites (tertiary alicyclic amines) is 1. The standard InChI is InChI=1S/C22H25BrN2O5/c1-11(2)19(22(29)30-10-16(26)24-15-7-5-14(23)6-8-15)25-20(27)17-12-3-4-13(9-12)18(17)21(25)28/h5-8,11-13,17-19H,3-4,9-10H2,1-2H3,(H,24,26)/t12-,13-,17-,18-,19+/m0/s1. The lowest BCUT2D eigenvalue weighted by Gasteiger charge is -2.28. The van der Waals surface area contributed by atoms with Crippen molar-refractivity contribution in [2.75, 3.05) is 11.9 Å². The molecular weight excluding hydrogens is 452 g/mol. The van der Waals surface area contributed by atoms with Crippen molar-refractivity contribution in [3.63, 3.8) is 0 Å². The Labute approximate surface area is 183 Å². The van der Waals surface area contributed by atoms with Crippen LogP contribution in [0.3, 0.4) is 0 Å². The van der Waals surface area contributed by atoms with Crippen molar-refractivity contribution in [2.24, 2.45) is 29.6 Å². The molecule has 160 valence electrons. The average molecular weight is 477 g/mol. The summed E-state index contributed by atoms with van der Waals surface area (Å²) in [6.07, 6.45) is 2.89. The van der Waals surface area contributed by atoms with E-state index in [9.17, 15) is 19.2 Å². The highest BCUT2D eigenvalue weighted by atomic mass is 79.9. The Morgan fingerprint density at radius 2 is 1.67 bits per heavy atom. The van der Waals surface area contributed by atoms with Gasteiger partial charge in [-0.15, -0.1) is 0 Å². The molecule has 0 unspecified atom stereocenters. The van der Waals surface area contributed by atoms with Crippen LogP contribution < -0.4 is 5.32 Å². The molecule has 3 aliphatic rings. The highest BCUT2D eigenvalue weighted by molar-refractivity contribution is 9.10. The van der Waals surface area contributed by atoms with E-state index in [-0.39, 0.29) is 41.4 Å². The van der Waals surface area contributed by atoms with Crippen molar-refractivity contribution < 1.29 is 23.9 Å². The summed E-state index contributed by atoms with van der Waals surface area (Å²) in [5.41, 5.74) is 0.577. The third-order valence-electron chi connectivity index (χ3n) is 6.59. The van der Waals surface area contributed by atoms with Crippen LogP contribution in [0.4, 0.5) is 5.69 Å². The molecule has 1 aromatic carbocycles. The van der Waals surface area contributed by atoms with E-state index in [4.69, 9.17) is 4.74 Å². The fourth-order valence-electron chi connectivity index (χ4n) is 5.33. The fourth-order valence-corrected chi connectivity index (χ4v) is 5.60. The summed E-state index contributed by atoms with van der Waals surface area (Å²) in [5.74, 6) is -2.07. The number of fused-ring (bicyclic) bond motifs is 5. The zero-order valence-electron chi connectivity index (χ0n) is 17.0. The number of nitrogens with zero attached hydrogens (tertiary/aromatic N) is 1. The van der Waals surface area contributed by atoms with Crippen molar-refractivity contribution >= 4 is 45.3 Å². The van der Waals surface area contributed by atoms with Gasteiger partial charge < -0.3 is 10.1 Å². The molecule has 2 aliphatic carbocycles. The molecule has 0 spiro atoms. The Morgan fingerprint density at radius 1 is 1.10 bits per heavy atom. The second-order valence-corrected chi connectivity index (χ2v) is 9.70. The van der Waals surface area contributed by atoms with Crippen LogP contribution in [0.25, 0.3) is 0 Å². The van der Waals surface area contributed by atoms with Gasteiger partial charge in [-0.25, -0.2) is 4.79 Å². The number of amides is 3. The second kappa shape index (κ2) is 8.13. The highest BCUT2D eigenvalue weighted by Gasteiger charge is 2.62. The molecule has 1 aromatic rings. The summed E-state index contributed by atoms with van der Waals surface area (Å²) in [6.45, 7) is 3.07. The lowest BCUT2D eigenvalue weighted by Crippen LogP contribution is -2.50. The molecule has 3 amide bonds. The Bertz CT molecular complexity index is 856. The van der Waals surface area contributed by atoms with Gasteiger partial charge in [-0.05, 0) is 61.3 Å². The summed E-state index contributed by atoms with van der Waals surface area (Å²) in [7, 11) is 0. The monoisotopic (exact) mass is 476 g/mol. The smallest absolute Gasteiger partial charge is 0.330 e. The number of imide groups is 1. The number of ether oxygens (including phenoxy) is 1. The van der Waals surface area contributed by atoms with Crippen molar-refractivity contribution in [2.45, 2.75) is 39.2 Å². The Kier molecular flexibility index (Phi) is 5.70. The molecule has 8 heteroatoms. The number of halogens is 1. The summed E-state index contributed by atoms with van der Waals surface area (Å²) in [6, 6.07) is 6.00. The van der Waals surface area contributed by atoms with Crippen LogP contribution in [0.2, 0.25) is 0 Å². The Balaban J connectivity index is 1.41. The third kappa shape index (κ3) is 3.66. The SMILES string of the molecule is CC(C)[C@H](C(=O)OCC(=O)Nc1ccc(Br)cc1)N1C(=O)[C@H]2[C@H]3CC[C@@H](C3)[C@@H]2C1=O. The van der Waals surface area contributed by atoms with Crippen LogP contribution in [-0.4, -0.2) is 41.2 Å². The molecule has 5 atom stereocenters. The maximum atomic E-state index is 13.1. The minimum atomic E-state index is -1.00. The van der Waals surface area contributed by atoms with Gasteiger partial charge in [-0.2, -0.15) is 0 Å². The first-order chi connectivity index (χ1) is 14.3. The summed E-state index contributed by atoms with van der Waals surface area (Å²) < 4.78 is 6.10. The number of hydrogen-bond donors (Lipinski definition) is 1. The van der Waals surface area contributed by atoms with E-state index in [0.717, 1.165) is 28.6 Å². The van der Waals surface area contributed by atoms with Crippen LogP contribution in [-0.2, 0) is 23.9 Å². The molecule has 2 saturated carbocycles. The van der Waals surface area contributed by atoms with E-state index in [1.54, 1.807) is 38.1 Å². The molecule has 1 aliphatic heterocycles. The number of rotatable bonds is 6. The second-order valence-electron chi connectivity index (χ2n) is 8.78. The van der Waals surface area contributed by atoms with Crippen molar-refractivity contribution in [1.82, 2.24) is 4.90 Å². The summed E-state index contributed by atoms with van der Waals surface area (Å²) in [4.78, 5) is 52.2. The van der Waals surface area contributed by atoms with E-state index in [0.29, 0.717) is 5.69 Å². The largest absolute Gasteiger partial charge is 0.454 e. The molecule has 1 N–H and O–H groups in total. The van der Waals surface area contributed by atoms with E-state index in [1.165, 1.54) is 0 Å². The van der Waals surface area contributed by atoms with Crippen LogP contribution in [0, 0.1) is 29.6 Å². The molecule has 7 nitrogen and oxygen atoms in total. The molecular formula is C22H25BrN2O5. The zero-order valence-corrected chi connectivity index (χ0v) is 18.6. The van der Waals surface area contributed by atoms with Gasteiger partial charge in [0.05, 0.1) is 11.8 Å². The maximum absolute atomic E-state index is 13.1. The average Bonchev–Trinajstić information content (AvgIpc) is 3.38. The number of nitrogens with one attached hydrogen (secondary N) is 1. The fraction of sp³-hybridized carbons (Fsp3) is 0.545. The number of carbonyl (C=O) groups is 4. The van der Waals surface area contributed by atoms with E-state index >= 15 is 0 Å². The van der Waals surface area contributed by atoms with Gasteiger partial charge in [0.25, 0.3) is 5.91 Å². The molecule has 1 heterocycles. The maximum Gasteiger partial charge on any atom is 0.330 e. The first kappa shape index (κ1) is 21.0. The van der Waals surface area contributed by atoms with Crippen LogP contribution in [0.1, 0.15) is 33.1 Å². The quantitative estimate of drug-likeness (QED) is 0.503. The number of benzene rings is 1. The zero-order chi connectivity index (χ0) is 21.6. The molecule has 1 saturated heterocycles. The number of hydrogen-bond acceptors (Lipinski definition) is 5. The van der Waals surface area contributed by atoms with Gasteiger partial charge in [0, 0.05) is 10.2 Å². The molecule has 30 heavy (non-hydrogen) atoms. The van der Waals surface area contributed by atoms with Crippen molar-refractivity contribution in [3.05, 3.63) is 28.7 Å². The predicted molar refractivity (Wildman–Crippen MR) is 112 cm³/mol. The normalized spacial score (nSPS) is 28.1. The molecule has 2 bridgehead atoms. The minimum Gasteiger partial charge on any atom is -0.454 e. The highest BCUT2D eigenvalue weighted by Crippen LogP contribution is 2.56. The number of carbonyl (C=O) groups excluding carboxylic acids is 4. The first-order valence-corrected chi connectivity index (χ1v) is 11.2. The Morgan fingerprint density at radius 3 is 2.20 bits per heavy atom. The number of esters is 1. The predicted octanol–water partition coefficient (Wildman–Crippen LogP) is 2.99. The van der Waals surface area contributed by atoms with Crippen LogP contribution >= 0.6 is 15.9 Å². The van der Waals surface area contributed by atoms with E-state index in [2.05, 4.69) is 21.2 Å². The van der Waals surface area contributed by atoms with Gasteiger partial charge in [-0.3, -0.25) is 19.3 Å². The van der Waals surface area contributed by atoms with Crippen LogP contribution in [0.5, 0.6) is 0 Å². The van der Waals surface area contributed by atoms with Crippen molar-refractivity contribution in [1.29, 1.82) is 0 Å². The molecule has 4 rings (SSSR count). The summed E-state index contributed by atoms with van der Waals surface area (Å²) in [5, 5.41) is 2.65. The lowest BCUT2D eigenvalue weighted by atomic mass is 9.81. The topological polar surface area (TPSA) is 92.8 Å². The minimum absolute atomic E-state index is 0.243. The molecule has 0 aromatic heterocycles. The van der Waals surface area contributed by atoms with Crippen LogP contribution in [0.15, 0.2) is 28.7 Å². The lowest BCUT2D eigenvalue weighted by molar-refractivity contribution is -0.162. The molecule has 3 fully saturated rings. The first-order valence-electron chi connectivity index (χ1n) is 10.4. The molecule has 0 radical (unpaired) electrons.